The number of aromatic nitrogens is 3. The predicted molar refractivity (Wildman–Crippen MR) is 91.7 cm³/mol. The Bertz CT molecular complexity index is 1000. The van der Waals surface area contributed by atoms with Gasteiger partial charge in [-0.1, -0.05) is 12.1 Å². The number of benzene rings is 1. The summed E-state index contributed by atoms with van der Waals surface area (Å²) in [5.41, 5.74) is 9.17. The number of rotatable bonds is 2. The van der Waals surface area contributed by atoms with Crippen LogP contribution < -0.4 is 16.4 Å². The summed E-state index contributed by atoms with van der Waals surface area (Å²) in [6.07, 6.45) is -2.80. The van der Waals surface area contributed by atoms with Crippen molar-refractivity contribution in [2.24, 2.45) is 10.7 Å². The predicted octanol–water partition coefficient (Wildman–Crippen LogP) is 2.29. The van der Waals surface area contributed by atoms with E-state index in [1.165, 1.54) is 0 Å². The third-order valence-electron chi connectivity index (χ3n) is 4.26. The molecule has 0 saturated heterocycles. The molecule has 0 saturated carbocycles. The van der Waals surface area contributed by atoms with Crippen LogP contribution in [0.2, 0.25) is 0 Å². The van der Waals surface area contributed by atoms with E-state index >= 15 is 0 Å². The van der Waals surface area contributed by atoms with Crippen molar-refractivity contribution in [1.82, 2.24) is 20.5 Å². The van der Waals surface area contributed by atoms with Gasteiger partial charge in [-0.2, -0.15) is 18.3 Å². The van der Waals surface area contributed by atoms with Gasteiger partial charge in [0, 0.05) is 22.8 Å². The fraction of sp³-hybridized carbons (Fsp3) is 0.250. The summed E-state index contributed by atoms with van der Waals surface area (Å²) in [5, 5.41) is 14.0. The van der Waals surface area contributed by atoms with E-state index in [9.17, 15) is 13.2 Å². The van der Waals surface area contributed by atoms with Gasteiger partial charge in [0.05, 0.1) is 11.1 Å². The molecule has 1 atom stereocenters. The Kier molecular flexibility index (Phi) is 3.48. The molecule has 1 aromatic carbocycles. The highest BCUT2D eigenvalue weighted by atomic mass is 19.4. The van der Waals surface area contributed by atoms with Crippen LogP contribution in [-0.2, 0) is 5.79 Å². The van der Waals surface area contributed by atoms with E-state index in [1.807, 2.05) is 13.0 Å². The minimum Gasteiger partial charge on any atom is -0.348 e. The van der Waals surface area contributed by atoms with Crippen molar-refractivity contribution in [2.75, 3.05) is 11.9 Å². The maximum absolute atomic E-state index is 12.6. The van der Waals surface area contributed by atoms with Gasteiger partial charge in [-0.05, 0) is 19.1 Å². The van der Waals surface area contributed by atoms with E-state index in [0.29, 0.717) is 22.5 Å². The summed E-state index contributed by atoms with van der Waals surface area (Å²) < 4.78 is 37.8. The number of amidine groups is 1. The van der Waals surface area contributed by atoms with Crippen molar-refractivity contribution in [2.45, 2.75) is 18.9 Å². The minimum atomic E-state index is -4.40. The lowest BCUT2D eigenvalue weighted by Crippen LogP contribution is -2.61. The molecule has 6 N–H and O–H groups in total. The summed E-state index contributed by atoms with van der Waals surface area (Å²) in [6, 6.07) is 7.05. The van der Waals surface area contributed by atoms with Crippen molar-refractivity contribution < 1.29 is 13.2 Å². The maximum atomic E-state index is 12.6. The molecular formula is C16H16F3N7. The normalized spacial score (nSPS) is 21.5. The Morgan fingerprint density at radius 2 is 2.04 bits per heavy atom. The summed E-state index contributed by atoms with van der Waals surface area (Å²) in [7, 11) is 0. The van der Waals surface area contributed by atoms with E-state index in [4.69, 9.17) is 5.73 Å². The fourth-order valence-electron chi connectivity index (χ4n) is 2.98. The van der Waals surface area contributed by atoms with Gasteiger partial charge in [0.1, 0.15) is 18.2 Å². The third kappa shape index (κ3) is 2.77. The molecule has 1 aliphatic rings. The average molecular weight is 363 g/mol. The number of anilines is 1. The molecule has 136 valence electrons. The van der Waals surface area contributed by atoms with Crippen LogP contribution in [0.1, 0.15) is 16.8 Å². The van der Waals surface area contributed by atoms with E-state index in [-0.39, 0.29) is 5.84 Å². The summed E-state index contributed by atoms with van der Waals surface area (Å²) >= 11 is 0. The molecule has 3 heterocycles. The number of alkyl halides is 3. The van der Waals surface area contributed by atoms with Gasteiger partial charge in [0.15, 0.2) is 5.79 Å². The summed E-state index contributed by atoms with van der Waals surface area (Å²) in [4.78, 5) is 6.61. The summed E-state index contributed by atoms with van der Waals surface area (Å²) in [6.45, 7) is 0.602. The number of nitrogens with two attached hydrogens (primary N) is 1. The SMILES string of the molecule is Cc1[nH]nc2cc(C3(N)NC(=NCC(F)(F)F)c4cc[nH]c4N3)ccc12. The molecule has 2 aromatic heterocycles. The highest BCUT2D eigenvalue weighted by molar-refractivity contribution is 6.05. The quantitative estimate of drug-likeness (QED) is 0.481. The maximum Gasteiger partial charge on any atom is 0.408 e. The van der Waals surface area contributed by atoms with Gasteiger partial charge >= 0.3 is 6.18 Å². The number of fused-ring (bicyclic) bond motifs is 2. The second-order valence-corrected chi connectivity index (χ2v) is 6.18. The number of hydrogen-bond donors (Lipinski definition) is 5. The van der Waals surface area contributed by atoms with Crippen molar-refractivity contribution in [1.29, 1.82) is 0 Å². The first-order valence-corrected chi connectivity index (χ1v) is 7.84. The number of aryl methyl sites for hydroxylation is 1. The minimum absolute atomic E-state index is 0.0677. The Balaban J connectivity index is 1.75. The average Bonchev–Trinajstić information content (AvgIpc) is 3.18. The standard InChI is InChI=1S/C16H16F3N7/c1-8-10-3-2-9(6-12(10)26-25-8)16(20)23-13-11(4-5-21-13)14(24-16)22-7-15(17,18)19/h2-6,21,23H,7,20H2,1H3,(H,22,24)(H,25,26). The van der Waals surface area contributed by atoms with Gasteiger partial charge in [0.25, 0.3) is 0 Å². The summed E-state index contributed by atoms with van der Waals surface area (Å²) in [5.74, 6) is -0.785. The van der Waals surface area contributed by atoms with Crippen LogP contribution in [0.3, 0.4) is 0 Å². The zero-order chi connectivity index (χ0) is 18.5. The van der Waals surface area contributed by atoms with Crippen molar-refractivity contribution in [3.63, 3.8) is 0 Å². The molecule has 10 heteroatoms. The number of H-pyrrole nitrogens is 2. The molecule has 0 radical (unpaired) electrons. The van der Waals surface area contributed by atoms with Crippen molar-refractivity contribution >= 4 is 22.6 Å². The highest BCUT2D eigenvalue weighted by Gasteiger charge is 2.36. The number of aliphatic imine (C=N–C) groups is 1. The fourth-order valence-corrected chi connectivity index (χ4v) is 2.98. The number of halogens is 3. The molecular weight excluding hydrogens is 347 g/mol. The Labute approximate surface area is 145 Å². The lowest BCUT2D eigenvalue weighted by atomic mass is 10.0. The van der Waals surface area contributed by atoms with Gasteiger partial charge in [-0.15, -0.1) is 0 Å². The van der Waals surface area contributed by atoms with Crippen LogP contribution in [-0.4, -0.2) is 33.7 Å². The molecule has 0 aliphatic carbocycles. The Hall–Kier alpha value is -3.01. The van der Waals surface area contributed by atoms with Gasteiger partial charge < -0.3 is 15.6 Å². The van der Waals surface area contributed by atoms with E-state index < -0.39 is 18.5 Å². The van der Waals surface area contributed by atoms with E-state index in [1.54, 1.807) is 24.4 Å². The molecule has 4 rings (SSSR count). The molecule has 26 heavy (non-hydrogen) atoms. The van der Waals surface area contributed by atoms with Crippen LogP contribution in [0, 0.1) is 6.92 Å². The first kappa shape index (κ1) is 16.5. The molecule has 1 unspecified atom stereocenters. The number of nitrogens with one attached hydrogen (secondary N) is 4. The second kappa shape index (κ2) is 5.49. The van der Waals surface area contributed by atoms with Crippen LogP contribution in [0.5, 0.6) is 0 Å². The molecule has 1 aliphatic heterocycles. The number of aromatic amines is 2. The number of nitrogens with zero attached hydrogens (tertiary/aromatic N) is 2. The Morgan fingerprint density at radius 3 is 2.81 bits per heavy atom. The van der Waals surface area contributed by atoms with Crippen molar-refractivity contribution in [3.8, 4) is 0 Å². The van der Waals surface area contributed by atoms with Gasteiger partial charge in [0.2, 0.25) is 0 Å². The third-order valence-corrected chi connectivity index (χ3v) is 4.26. The topological polar surface area (TPSA) is 107 Å². The lowest BCUT2D eigenvalue weighted by Gasteiger charge is -2.37. The van der Waals surface area contributed by atoms with Crippen molar-refractivity contribution in [3.05, 3.63) is 47.3 Å². The molecule has 7 nitrogen and oxygen atoms in total. The van der Waals surface area contributed by atoms with E-state index in [2.05, 4.69) is 30.8 Å². The second-order valence-electron chi connectivity index (χ2n) is 6.18. The molecule has 0 amide bonds. The zero-order valence-corrected chi connectivity index (χ0v) is 13.7. The first-order chi connectivity index (χ1) is 12.3. The Morgan fingerprint density at radius 1 is 1.23 bits per heavy atom. The van der Waals surface area contributed by atoms with Gasteiger partial charge in [-0.25, -0.2) is 0 Å². The smallest absolute Gasteiger partial charge is 0.348 e. The highest BCUT2D eigenvalue weighted by Crippen LogP contribution is 2.29. The van der Waals surface area contributed by atoms with Crippen LogP contribution in [0.4, 0.5) is 19.0 Å². The molecule has 0 fully saturated rings. The molecule has 0 bridgehead atoms. The monoisotopic (exact) mass is 363 g/mol. The number of hydrogen-bond acceptors (Lipinski definition) is 4. The first-order valence-electron chi connectivity index (χ1n) is 7.84. The lowest BCUT2D eigenvalue weighted by molar-refractivity contribution is -0.118. The molecule has 3 aromatic rings. The zero-order valence-electron chi connectivity index (χ0n) is 13.7. The molecule has 0 spiro atoms. The van der Waals surface area contributed by atoms with Gasteiger partial charge in [-0.3, -0.25) is 15.8 Å². The van der Waals surface area contributed by atoms with Crippen LogP contribution >= 0.6 is 0 Å². The van der Waals surface area contributed by atoms with Crippen LogP contribution in [0.25, 0.3) is 10.9 Å². The largest absolute Gasteiger partial charge is 0.408 e. The van der Waals surface area contributed by atoms with E-state index in [0.717, 1.165) is 11.1 Å². The van der Waals surface area contributed by atoms with Crippen LogP contribution in [0.15, 0.2) is 35.5 Å².